The van der Waals surface area contributed by atoms with Gasteiger partial charge in [0.25, 0.3) is 5.91 Å². The quantitative estimate of drug-likeness (QED) is 0.479. The molecule has 3 aromatic rings. The van der Waals surface area contributed by atoms with Gasteiger partial charge in [-0.25, -0.2) is 4.98 Å². The first-order valence-corrected chi connectivity index (χ1v) is 12.5. The number of nitrogens with zero attached hydrogens (tertiary/aromatic N) is 2. The number of fused-ring (bicyclic) bond motifs is 1. The summed E-state index contributed by atoms with van der Waals surface area (Å²) in [5.74, 6) is -0.0205. The molecule has 1 aliphatic heterocycles. The van der Waals surface area contributed by atoms with Gasteiger partial charge in [-0.15, -0.1) is 23.5 Å². The van der Waals surface area contributed by atoms with E-state index in [2.05, 4.69) is 18.4 Å². The first-order chi connectivity index (χ1) is 13.7. The summed E-state index contributed by atoms with van der Waals surface area (Å²) in [6.07, 6.45) is 6.19. The first-order valence-electron chi connectivity index (χ1n) is 9.20. The lowest BCUT2D eigenvalue weighted by atomic mass is 10.2. The summed E-state index contributed by atoms with van der Waals surface area (Å²) < 4.78 is 6.92. The van der Waals surface area contributed by atoms with Gasteiger partial charge < -0.3 is 4.74 Å². The third-order valence-electron chi connectivity index (χ3n) is 4.81. The molecule has 2 heterocycles. The Morgan fingerprint density at radius 3 is 2.71 bits per heavy atom. The maximum atomic E-state index is 13.4. The van der Waals surface area contributed by atoms with E-state index in [1.165, 1.54) is 0 Å². The Labute approximate surface area is 177 Å². The first kappa shape index (κ1) is 19.8. The van der Waals surface area contributed by atoms with Crippen LogP contribution >= 0.6 is 34.9 Å². The van der Waals surface area contributed by atoms with E-state index in [-0.39, 0.29) is 12.0 Å². The maximum absolute atomic E-state index is 13.4. The highest BCUT2D eigenvalue weighted by Gasteiger charge is 2.27. The van der Waals surface area contributed by atoms with Crippen LogP contribution in [-0.2, 0) is 4.74 Å². The van der Waals surface area contributed by atoms with Crippen molar-refractivity contribution in [3.05, 3.63) is 48.0 Å². The van der Waals surface area contributed by atoms with Crippen LogP contribution < -0.4 is 4.90 Å². The summed E-state index contributed by atoms with van der Waals surface area (Å²) in [6.45, 7) is 1.31. The van der Waals surface area contributed by atoms with Crippen molar-refractivity contribution < 1.29 is 9.53 Å². The van der Waals surface area contributed by atoms with Crippen molar-refractivity contribution in [3.8, 4) is 0 Å². The summed E-state index contributed by atoms with van der Waals surface area (Å²) in [6, 6.07) is 14.0. The highest BCUT2D eigenvalue weighted by atomic mass is 32.2. The van der Waals surface area contributed by atoms with Crippen LogP contribution in [0.4, 0.5) is 5.13 Å². The number of benzene rings is 2. The standard InChI is InChI=1S/C21H22N2O2S3/c1-26-16-10-8-14(9-11-16)20(24)23(13-15-5-4-12-25-15)21-22-19-17(27-2)6-3-7-18(19)28-21/h3,6-11,15H,4-5,12-13H2,1-2H3. The molecule has 0 spiro atoms. The second-order valence-corrected chi connectivity index (χ2v) is 9.32. The molecule has 2 aromatic carbocycles. The predicted molar refractivity (Wildman–Crippen MR) is 120 cm³/mol. The number of anilines is 1. The van der Waals surface area contributed by atoms with E-state index in [1.54, 1.807) is 39.8 Å². The minimum atomic E-state index is -0.0205. The minimum Gasteiger partial charge on any atom is -0.376 e. The van der Waals surface area contributed by atoms with Crippen LogP contribution in [0.1, 0.15) is 23.2 Å². The Morgan fingerprint density at radius 1 is 1.21 bits per heavy atom. The number of thioether (sulfide) groups is 2. The van der Waals surface area contributed by atoms with Gasteiger partial charge in [-0.3, -0.25) is 9.69 Å². The topological polar surface area (TPSA) is 42.4 Å². The van der Waals surface area contributed by atoms with Crippen LogP contribution in [0, 0.1) is 0 Å². The molecule has 146 valence electrons. The molecule has 1 aromatic heterocycles. The monoisotopic (exact) mass is 430 g/mol. The van der Waals surface area contributed by atoms with Crippen molar-refractivity contribution in [1.82, 2.24) is 4.98 Å². The number of rotatable bonds is 6. The van der Waals surface area contributed by atoms with Gasteiger partial charge in [-0.1, -0.05) is 17.4 Å². The van der Waals surface area contributed by atoms with Crippen molar-refractivity contribution in [2.24, 2.45) is 0 Å². The summed E-state index contributed by atoms with van der Waals surface area (Å²) in [5.41, 5.74) is 1.65. The summed E-state index contributed by atoms with van der Waals surface area (Å²) >= 11 is 4.92. The largest absolute Gasteiger partial charge is 0.376 e. The lowest BCUT2D eigenvalue weighted by molar-refractivity contribution is 0.0917. The Balaban J connectivity index is 1.71. The van der Waals surface area contributed by atoms with Gasteiger partial charge in [-0.05, 0) is 61.8 Å². The SMILES string of the molecule is CSc1ccc(C(=O)N(CC2CCCO2)c2nc3c(SC)cccc3s2)cc1. The van der Waals surface area contributed by atoms with Gasteiger partial charge >= 0.3 is 0 Å². The van der Waals surface area contributed by atoms with E-state index in [4.69, 9.17) is 9.72 Å². The second kappa shape index (κ2) is 8.86. The lowest BCUT2D eigenvalue weighted by Crippen LogP contribution is -2.37. The van der Waals surface area contributed by atoms with E-state index in [9.17, 15) is 4.79 Å². The number of carbonyl (C=O) groups is 1. The molecule has 0 aliphatic carbocycles. The highest BCUT2D eigenvalue weighted by molar-refractivity contribution is 7.99. The summed E-state index contributed by atoms with van der Waals surface area (Å²) in [7, 11) is 0. The van der Waals surface area contributed by atoms with E-state index < -0.39 is 0 Å². The zero-order valence-corrected chi connectivity index (χ0v) is 18.3. The molecular formula is C21H22N2O2S3. The molecule has 28 heavy (non-hydrogen) atoms. The maximum Gasteiger partial charge on any atom is 0.260 e. The van der Waals surface area contributed by atoms with Gasteiger partial charge in [0.15, 0.2) is 5.13 Å². The molecule has 1 saturated heterocycles. The lowest BCUT2D eigenvalue weighted by Gasteiger charge is -2.23. The van der Waals surface area contributed by atoms with E-state index in [1.807, 2.05) is 36.6 Å². The molecule has 1 aliphatic rings. The van der Waals surface area contributed by atoms with Crippen molar-refractivity contribution in [3.63, 3.8) is 0 Å². The van der Waals surface area contributed by atoms with Crippen LogP contribution in [0.15, 0.2) is 52.3 Å². The molecule has 0 bridgehead atoms. The van der Waals surface area contributed by atoms with Crippen molar-refractivity contribution in [2.45, 2.75) is 28.7 Å². The number of carbonyl (C=O) groups excluding carboxylic acids is 1. The van der Waals surface area contributed by atoms with Crippen molar-refractivity contribution in [2.75, 3.05) is 30.6 Å². The van der Waals surface area contributed by atoms with Crippen LogP contribution in [0.5, 0.6) is 0 Å². The van der Waals surface area contributed by atoms with Gasteiger partial charge in [0.05, 0.1) is 22.9 Å². The molecular weight excluding hydrogens is 408 g/mol. The Hall–Kier alpha value is -1.54. The molecule has 1 fully saturated rings. The number of hydrogen-bond donors (Lipinski definition) is 0. The Kier molecular flexibility index (Phi) is 6.25. The molecule has 0 radical (unpaired) electrons. The number of para-hydroxylation sites is 1. The predicted octanol–water partition coefficient (Wildman–Crippen LogP) is 5.57. The van der Waals surface area contributed by atoms with Crippen LogP contribution in [0.25, 0.3) is 10.2 Å². The summed E-state index contributed by atoms with van der Waals surface area (Å²) in [5, 5.41) is 0.742. The van der Waals surface area contributed by atoms with Crippen LogP contribution in [-0.4, -0.2) is 42.7 Å². The normalized spacial score (nSPS) is 16.6. The van der Waals surface area contributed by atoms with Gasteiger partial charge in [0.2, 0.25) is 0 Å². The van der Waals surface area contributed by atoms with Crippen molar-refractivity contribution in [1.29, 1.82) is 0 Å². The highest BCUT2D eigenvalue weighted by Crippen LogP contribution is 2.35. The average molecular weight is 431 g/mol. The fraction of sp³-hybridized carbons (Fsp3) is 0.333. The number of amides is 1. The van der Waals surface area contributed by atoms with Crippen LogP contribution in [0.3, 0.4) is 0 Å². The number of aromatic nitrogens is 1. The molecule has 1 atom stereocenters. The molecule has 4 rings (SSSR count). The van der Waals surface area contributed by atoms with Gasteiger partial charge in [0, 0.05) is 22.0 Å². The Bertz CT molecular complexity index is 965. The van der Waals surface area contributed by atoms with Crippen LogP contribution in [0.2, 0.25) is 0 Å². The number of hydrogen-bond acceptors (Lipinski definition) is 6. The number of thiazole rings is 1. The van der Waals surface area contributed by atoms with E-state index >= 15 is 0 Å². The third kappa shape index (κ3) is 4.08. The minimum absolute atomic E-state index is 0.0205. The van der Waals surface area contributed by atoms with E-state index in [0.29, 0.717) is 12.1 Å². The second-order valence-electron chi connectivity index (χ2n) is 6.58. The zero-order valence-electron chi connectivity index (χ0n) is 15.9. The number of ether oxygens (including phenoxy) is 1. The van der Waals surface area contributed by atoms with E-state index in [0.717, 1.165) is 44.6 Å². The third-order valence-corrected chi connectivity index (χ3v) is 7.37. The molecule has 0 N–H and O–H groups in total. The molecule has 0 saturated carbocycles. The molecule has 7 heteroatoms. The Morgan fingerprint density at radius 2 is 2.04 bits per heavy atom. The zero-order chi connectivity index (χ0) is 19.5. The molecule has 4 nitrogen and oxygen atoms in total. The molecule has 1 amide bonds. The smallest absolute Gasteiger partial charge is 0.260 e. The van der Waals surface area contributed by atoms with Gasteiger partial charge in [-0.2, -0.15) is 0 Å². The summed E-state index contributed by atoms with van der Waals surface area (Å²) in [4.78, 5) is 22.3. The molecule has 1 unspecified atom stereocenters. The average Bonchev–Trinajstić information content (AvgIpc) is 3.40. The van der Waals surface area contributed by atoms with Crippen molar-refractivity contribution >= 4 is 56.1 Å². The fourth-order valence-corrected chi connectivity index (χ4v) is 5.36. The van der Waals surface area contributed by atoms with Gasteiger partial charge in [0.1, 0.15) is 0 Å². The fourth-order valence-electron chi connectivity index (χ4n) is 3.32.